The molecule has 0 aromatic heterocycles. The second-order valence-electron chi connectivity index (χ2n) is 4.74. The van der Waals surface area contributed by atoms with Crippen LogP contribution < -0.4 is 10.6 Å². The van der Waals surface area contributed by atoms with Gasteiger partial charge in [-0.1, -0.05) is 34.9 Å². The molecule has 2 nitrogen and oxygen atoms in total. The van der Waals surface area contributed by atoms with Crippen molar-refractivity contribution in [2.24, 2.45) is 0 Å². The van der Waals surface area contributed by atoms with Crippen LogP contribution in [0, 0.1) is 0 Å². The lowest BCUT2D eigenvalue weighted by atomic mass is 9.99. The summed E-state index contributed by atoms with van der Waals surface area (Å²) in [6, 6.07) is 16.7. The molecule has 0 fully saturated rings. The minimum Gasteiger partial charge on any atom is -0.386 e. The van der Waals surface area contributed by atoms with Gasteiger partial charge in [-0.25, -0.2) is 0 Å². The standard InChI is InChI=1S/C15H16O2P/c1-15(2,16)12-8-10-14(11-9-12)18(17)13-6-4-3-5-7-13/h3-11,16H,1-2H3/q+1. The Bertz CT molecular complexity index is 539. The van der Waals surface area contributed by atoms with Crippen LogP contribution in [0.25, 0.3) is 0 Å². The van der Waals surface area contributed by atoms with Crippen LogP contribution in [-0.4, -0.2) is 5.11 Å². The van der Waals surface area contributed by atoms with E-state index in [-0.39, 0.29) is 0 Å². The van der Waals surface area contributed by atoms with E-state index in [9.17, 15) is 9.67 Å². The van der Waals surface area contributed by atoms with Crippen molar-refractivity contribution in [3.05, 3.63) is 60.2 Å². The molecule has 2 aromatic carbocycles. The van der Waals surface area contributed by atoms with Gasteiger partial charge in [0.15, 0.2) is 10.6 Å². The molecule has 3 heteroatoms. The third-order valence-corrected chi connectivity index (χ3v) is 4.33. The molecule has 0 aliphatic heterocycles. The molecule has 0 bridgehead atoms. The van der Waals surface area contributed by atoms with Crippen molar-refractivity contribution >= 4 is 18.4 Å². The quantitative estimate of drug-likeness (QED) is 0.860. The summed E-state index contributed by atoms with van der Waals surface area (Å²) in [5.74, 6) is 0. The zero-order valence-corrected chi connectivity index (χ0v) is 11.4. The number of rotatable bonds is 3. The smallest absolute Gasteiger partial charge is 0.386 e. The van der Waals surface area contributed by atoms with Crippen molar-refractivity contribution in [3.63, 3.8) is 0 Å². The lowest BCUT2D eigenvalue weighted by Gasteiger charge is -2.16. The molecule has 0 aliphatic carbocycles. The van der Waals surface area contributed by atoms with Gasteiger partial charge in [0.05, 0.1) is 5.60 Å². The van der Waals surface area contributed by atoms with Crippen LogP contribution in [0.1, 0.15) is 19.4 Å². The first-order chi connectivity index (χ1) is 8.48. The highest BCUT2D eigenvalue weighted by atomic mass is 31.1. The maximum absolute atomic E-state index is 12.3. The Kier molecular flexibility index (Phi) is 3.60. The van der Waals surface area contributed by atoms with Gasteiger partial charge in [-0.3, -0.25) is 0 Å². The lowest BCUT2D eigenvalue weighted by molar-refractivity contribution is 0.0786. The molecule has 2 aromatic rings. The van der Waals surface area contributed by atoms with E-state index in [1.807, 2.05) is 54.6 Å². The van der Waals surface area contributed by atoms with Gasteiger partial charge in [-0.2, -0.15) is 0 Å². The van der Waals surface area contributed by atoms with Gasteiger partial charge in [0, 0.05) is 0 Å². The Morgan fingerprint density at radius 2 is 1.39 bits per heavy atom. The van der Waals surface area contributed by atoms with Gasteiger partial charge in [-0.15, -0.1) is 0 Å². The Hall–Kier alpha value is -1.50. The molecule has 2 rings (SSSR count). The SMILES string of the molecule is CC(C)(O)c1ccc([P+](=O)c2ccccc2)cc1. The van der Waals surface area contributed by atoms with E-state index in [1.54, 1.807) is 13.8 Å². The van der Waals surface area contributed by atoms with Crippen molar-refractivity contribution in [2.45, 2.75) is 19.4 Å². The van der Waals surface area contributed by atoms with E-state index in [1.165, 1.54) is 0 Å². The van der Waals surface area contributed by atoms with Crippen LogP contribution in [-0.2, 0) is 10.2 Å². The van der Waals surface area contributed by atoms with Crippen molar-refractivity contribution in [2.75, 3.05) is 0 Å². The molecule has 0 saturated carbocycles. The fourth-order valence-corrected chi connectivity index (χ4v) is 2.88. The summed E-state index contributed by atoms with van der Waals surface area (Å²) in [4.78, 5) is 0. The first kappa shape index (κ1) is 12.9. The first-order valence-corrected chi connectivity index (χ1v) is 7.10. The third-order valence-electron chi connectivity index (χ3n) is 2.80. The zero-order chi connectivity index (χ0) is 13.2. The first-order valence-electron chi connectivity index (χ1n) is 5.84. The monoisotopic (exact) mass is 259 g/mol. The Balaban J connectivity index is 2.28. The lowest BCUT2D eigenvalue weighted by Crippen LogP contribution is -2.16. The van der Waals surface area contributed by atoms with Gasteiger partial charge in [0.25, 0.3) is 0 Å². The molecule has 1 N–H and O–H groups in total. The fourth-order valence-electron chi connectivity index (χ4n) is 1.72. The molecule has 1 atom stereocenters. The van der Waals surface area contributed by atoms with Crippen LogP contribution in [0.5, 0.6) is 0 Å². The van der Waals surface area contributed by atoms with Crippen LogP contribution in [0.3, 0.4) is 0 Å². The largest absolute Gasteiger partial charge is 0.415 e. The number of hydrogen-bond donors (Lipinski definition) is 1. The van der Waals surface area contributed by atoms with Gasteiger partial charge in [0.2, 0.25) is 0 Å². The summed E-state index contributed by atoms with van der Waals surface area (Å²) >= 11 is 0. The van der Waals surface area contributed by atoms with Crippen LogP contribution in [0.4, 0.5) is 0 Å². The maximum Gasteiger partial charge on any atom is 0.415 e. The molecule has 92 valence electrons. The summed E-state index contributed by atoms with van der Waals surface area (Å²) in [7, 11) is -1.55. The minimum absolute atomic E-state index is 0.782. The highest BCUT2D eigenvalue weighted by molar-refractivity contribution is 7.61. The van der Waals surface area contributed by atoms with E-state index in [4.69, 9.17) is 0 Å². The highest BCUT2D eigenvalue weighted by Crippen LogP contribution is 2.23. The molecular weight excluding hydrogens is 243 g/mol. The number of benzene rings is 2. The highest BCUT2D eigenvalue weighted by Gasteiger charge is 2.24. The average Bonchev–Trinajstić information content (AvgIpc) is 2.38. The van der Waals surface area contributed by atoms with Crippen LogP contribution >= 0.6 is 7.80 Å². The van der Waals surface area contributed by atoms with Crippen molar-refractivity contribution in [3.8, 4) is 0 Å². The minimum atomic E-state index is -1.55. The van der Waals surface area contributed by atoms with E-state index in [0.717, 1.165) is 16.2 Å². The molecule has 0 spiro atoms. The van der Waals surface area contributed by atoms with E-state index in [0.29, 0.717) is 0 Å². The molecule has 18 heavy (non-hydrogen) atoms. The van der Waals surface area contributed by atoms with Crippen molar-refractivity contribution in [1.29, 1.82) is 0 Å². The second kappa shape index (κ2) is 5.01. The average molecular weight is 259 g/mol. The third kappa shape index (κ3) is 2.84. The number of aliphatic hydroxyl groups is 1. The van der Waals surface area contributed by atoms with Crippen LogP contribution in [0.15, 0.2) is 54.6 Å². The van der Waals surface area contributed by atoms with Crippen molar-refractivity contribution < 1.29 is 9.67 Å². The summed E-state index contributed by atoms with van der Waals surface area (Å²) in [5, 5.41) is 11.5. The van der Waals surface area contributed by atoms with Gasteiger partial charge < -0.3 is 5.11 Å². The molecule has 0 saturated heterocycles. The van der Waals surface area contributed by atoms with Gasteiger partial charge in [0.1, 0.15) is 0 Å². The Morgan fingerprint density at radius 3 is 1.89 bits per heavy atom. The summed E-state index contributed by atoms with van der Waals surface area (Å²) in [6.07, 6.45) is 0. The molecule has 1 unspecified atom stereocenters. The summed E-state index contributed by atoms with van der Waals surface area (Å²) in [5.41, 5.74) is -0.0422. The van der Waals surface area contributed by atoms with E-state index < -0.39 is 13.4 Å². The normalized spacial score (nSPS) is 12.3. The predicted octanol–water partition coefficient (Wildman–Crippen LogP) is 2.69. The summed E-state index contributed by atoms with van der Waals surface area (Å²) in [6.45, 7) is 3.47. The molecular formula is C15H16O2P+. The number of hydrogen-bond acceptors (Lipinski definition) is 2. The predicted molar refractivity (Wildman–Crippen MR) is 75.0 cm³/mol. The van der Waals surface area contributed by atoms with E-state index in [2.05, 4.69) is 0 Å². The zero-order valence-electron chi connectivity index (χ0n) is 10.5. The second-order valence-corrected chi connectivity index (χ2v) is 6.36. The Labute approximate surface area is 108 Å². The molecule has 0 radical (unpaired) electrons. The molecule has 0 aliphatic rings. The Morgan fingerprint density at radius 1 is 0.889 bits per heavy atom. The van der Waals surface area contributed by atoms with Crippen molar-refractivity contribution in [1.82, 2.24) is 0 Å². The molecule has 0 amide bonds. The maximum atomic E-state index is 12.3. The van der Waals surface area contributed by atoms with E-state index >= 15 is 0 Å². The van der Waals surface area contributed by atoms with Crippen LogP contribution in [0.2, 0.25) is 0 Å². The van der Waals surface area contributed by atoms with Gasteiger partial charge >= 0.3 is 7.80 Å². The van der Waals surface area contributed by atoms with Gasteiger partial charge in [-0.05, 0) is 43.7 Å². The fraction of sp³-hybridized carbons (Fsp3) is 0.200. The summed E-state index contributed by atoms with van der Waals surface area (Å²) < 4.78 is 12.3. The molecule has 0 heterocycles. The topological polar surface area (TPSA) is 37.3 Å².